The van der Waals surface area contributed by atoms with Crippen molar-refractivity contribution < 1.29 is 17.7 Å². The van der Waals surface area contributed by atoms with Gasteiger partial charge >= 0.3 is 11.7 Å². The monoisotopic (exact) mass is 386 g/mol. The van der Waals surface area contributed by atoms with Crippen LogP contribution in [0.5, 0.6) is 0 Å². The number of rotatable bonds is 2. The van der Waals surface area contributed by atoms with Gasteiger partial charge < -0.3 is 5.32 Å². The number of halogens is 3. The Balaban J connectivity index is 1.76. The van der Waals surface area contributed by atoms with Crippen molar-refractivity contribution >= 4 is 16.6 Å². The van der Waals surface area contributed by atoms with Crippen LogP contribution in [-0.2, 0) is 6.18 Å². The second-order valence-corrected chi connectivity index (χ2v) is 6.75. The average molecular weight is 386 g/mol. The molecule has 1 fully saturated rings. The van der Waals surface area contributed by atoms with Crippen molar-refractivity contribution in [2.45, 2.75) is 18.6 Å². The first-order valence-corrected chi connectivity index (χ1v) is 8.80. The topological polar surface area (TPSA) is 66.8 Å². The standard InChI is InChI=1S/C19H14F3N5O/c20-19(21,22)11-5-7-12(8-6-11)26-18(28)17-16(14-9-10-23-14)24-13-3-1-2-4-15(13)27(17)25-26/h1-8,14,23H,9-10H2/p+1. The Kier molecular flexibility index (Phi) is 3.57. The lowest BCUT2D eigenvalue weighted by molar-refractivity contribution is -0.556. The van der Waals surface area contributed by atoms with Crippen LogP contribution in [0.4, 0.5) is 13.2 Å². The van der Waals surface area contributed by atoms with E-state index in [1.54, 1.807) is 4.52 Å². The number of aromatic nitrogens is 4. The highest BCUT2D eigenvalue weighted by molar-refractivity contribution is 5.73. The fraction of sp³-hybridized carbons (Fsp3) is 0.211. The Labute approximate surface area is 156 Å². The minimum Gasteiger partial charge on any atom is -0.308 e. The van der Waals surface area contributed by atoms with Gasteiger partial charge in [-0.1, -0.05) is 22.0 Å². The molecule has 2 aromatic carbocycles. The van der Waals surface area contributed by atoms with Crippen molar-refractivity contribution in [1.82, 2.24) is 20.2 Å². The molecule has 0 amide bonds. The van der Waals surface area contributed by atoms with E-state index in [1.807, 2.05) is 24.3 Å². The number of aromatic amines is 1. The summed E-state index contributed by atoms with van der Waals surface area (Å²) in [5.41, 5.74) is 1.65. The molecule has 9 heteroatoms. The fourth-order valence-corrected chi connectivity index (χ4v) is 3.47. The van der Waals surface area contributed by atoms with Crippen LogP contribution in [0.1, 0.15) is 23.7 Å². The summed E-state index contributed by atoms with van der Waals surface area (Å²) in [6.07, 6.45) is -3.56. The molecule has 1 atom stereocenters. The molecule has 2 aromatic heterocycles. The minimum absolute atomic E-state index is 0.0239. The van der Waals surface area contributed by atoms with Crippen LogP contribution < -0.4 is 15.4 Å². The number of nitrogens with zero attached hydrogens (tertiary/aromatic N) is 3. The minimum atomic E-state index is -4.43. The van der Waals surface area contributed by atoms with E-state index in [0.29, 0.717) is 22.4 Å². The molecule has 0 saturated carbocycles. The molecule has 5 rings (SSSR count). The maximum atomic E-state index is 13.1. The van der Waals surface area contributed by atoms with E-state index < -0.39 is 11.7 Å². The van der Waals surface area contributed by atoms with Gasteiger partial charge in [-0.2, -0.15) is 13.2 Å². The van der Waals surface area contributed by atoms with Crippen molar-refractivity contribution in [1.29, 1.82) is 0 Å². The van der Waals surface area contributed by atoms with E-state index in [-0.39, 0.29) is 11.6 Å². The normalized spacial score (nSPS) is 17.2. The van der Waals surface area contributed by atoms with Crippen LogP contribution in [0.2, 0.25) is 0 Å². The summed E-state index contributed by atoms with van der Waals surface area (Å²) in [6.45, 7) is 0.850. The molecule has 0 aliphatic carbocycles. The van der Waals surface area contributed by atoms with E-state index >= 15 is 0 Å². The van der Waals surface area contributed by atoms with Gasteiger partial charge in [0.15, 0.2) is 11.2 Å². The van der Waals surface area contributed by atoms with Crippen molar-refractivity contribution in [3.05, 3.63) is 70.1 Å². The molecule has 4 aromatic rings. The van der Waals surface area contributed by atoms with Gasteiger partial charge in [-0.25, -0.2) is 9.78 Å². The van der Waals surface area contributed by atoms with Crippen LogP contribution in [0.15, 0.2) is 53.3 Å². The summed E-state index contributed by atoms with van der Waals surface area (Å²) in [5, 5.41) is 6.25. The van der Waals surface area contributed by atoms with Gasteiger partial charge in [0.1, 0.15) is 11.2 Å². The van der Waals surface area contributed by atoms with Crippen LogP contribution >= 0.6 is 0 Å². The lowest BCUT2D eigenvalue weighted by Crippen LogP contribution is -2.39. The van der Waals surface area contributed by atoms with Crippen molar-refractivity contribution in [2.24, 2.45) is 0 Å². The summed E-state index contributed by atoms with van der Waals surface area (Å²) in [6, 6.07) is 11.8. The summed E-state index contributed by atoms with van der Waals surface area (Å²) in [7, 11) is 0. The molecule has 28 heavy (non-hydrogen) atoms. The predicted molar refractivity (Wildman–Crippen MR) is 95.2 cm³/mol. The highest BCUT2D eigenvalue weighted by atomic mass is 19.4. The molecule has 3 heterocycles. The molecule has 1 saturated heterocycles. The number of alkyl halides is 3. The van der Waals surface area contributed by atoms with Crippen molar-refractivity contribution in [3.63, 3.8) is 0 Å². The number of H-pyrrole nitrogens is 1. The molecule has 6 nitrogen and oxygen atoms in total. The average Bonchev–Trinajstić information content (AvgIpc) is 2.98. The zero-order chi connectivity index (χ0) is 19.5. The number of hydrogen-bond acceptors (Lipinski definition) is 3. The van der Waals surface area contributed by atoms with Gasteiger partial charge in [-0.05, 0) is 49.4 Å². The SMILES string of the molecule is O=c1c2c(C3CCN3)nc3ccccc3[n+]2[nH]n1-c1ccc(C(F)(F)F)cc1. The molecular formula is C19H15F3N5O+. The van der Waals surface area contributed by atoms with Gasteiger partial charge in [-0.3, -0.25) is 0 Å². The zero-order valence-corrected chi connectivity index (χ0v) is 14.5. The maximum Gasteiger partial charge on any atom is 0.416 e. The van der Waals surface area contributed by atoms with Gasteiger partial charge in [0.2, 0.25) is 0 Å². The number of para-hydroxylation sites is 2. The Morgan fingerprint density at radius 1 is 1.11 bits per heavy atom. The Bertz CT molecular complexity index is 1250. The van der Waals surface area contributed by atoms with Crippen LogP contribution in [-0.4, -0.2) is 21.4 Å². The number of fused-ring (bicyclic) bond motifs is 3. The number of nitrogens with one attached hydrogen (secondary N) is 2. The molecule has 1 unspecified atom stereocenters. The van der Waals surface area contributed by atoms with Gasteiger partial charge in [0, 0.05) is 0 Å². The second-order valence-electron chi connectivity index (χ2n) is 6.75. The zero-order valence-electron chi connectivity index (χ0n) is 14.5. The Morgan fingerprint density at radius 2 is 1.82 bits per heavy atom. The van der Waals surface area contributed by atoms with E-state index in [9.17, 15) is 18.0 Å². The molecule has 142 valence electrons. The summed E-state index contributed by atoms with van der Waals surface area (Å²) < 4.78 is 41.4. The van der Waals surface area contributed by atoms with E-state index in [0.717, 1.165) is 30.6 Å². The molecular weight excluding hydrogens is 371 g/mol. The Hall–Kier alpha value is -3.20. The summed E-state index contributed by atoms with van der Waals surface area (Å²) in [5.74, 6) is 0. The number of hydrogen-bond donors (Lipinski definition) is 2. The van der Waals surface area contributed by atoms with Crippen LogP contribution in [0.25, 0.3) is 22.2 Å². The first-order valence-electron chi connectivity index (χ1n) is 8.80. The molecule has 2 N–H and O–H groups in total. The van der Waals surface area contributed by atoms with Gasteiger partial charge in [0.05, 0.1) is 11.6 Å². The third-order valence-electron chi connectivity index (χ3n) is 5.04. The van der Waals surface area contributed by atoms with Crippen LogP contribution in [0.3, 0.4) is 0 Å². The summed E-state index contributed by atoms with van der Waals surface area (Å²) >= 11 is 0. The fourth-order valence-electron chi connectivity index (χ4n) is 3.47. The predicted octanol–water partition coefficient (Wildman–Crippen LogP) is 2.51. The quantitative estimate of drug-likeness (QED) is 0.521. The largest absolute Gasteiger partial charge is 0.416 e. The van der Waals surface area contributed by atoms with Crippen LogP contribution in [0, 0.1) is 0 Å². The van der Waals surface area contributed by atoms with Gasteiger partial charge in [0.25, 0.3) is 5.52 Å². The van der Waals surface area contributed by atoms with Crippen molar-refractivity contribution in [2.75, 3.05) is 6.54 Å². The van der Waals surface area contributed by atoms with E-state index in [2.05, 4.69) is 15.5 Å². The first kappa shape index (κ1) is 16.9. The third kappa shape index (κ3) is 2.50. The molecule has 1 aliphatic rings. The molecule has 1 aliphatic heterocycles. The van der Waals surface area contributed by atoms with E-state index in [1.165, 1.54) is 16.8 Å². The Morgan fingerprint density at radius 3 is 2.46 bits per heavy atom. The van der Waals surface area contributed by atoms with Gasteiger partial charge in [-0.15, -0.1) is 4.52 Å². The third-order valence-corrected chi connectivity index (χ3v) is 5.04. The molecule has 0 spiro atoms. The molecule has 0 radical (unpaired) electrons. The smallest absolute Gasteiger partial charge is 0.308 e. The maximum absolute atomic E-state index is 13.1. The lowest BCUT2D eigenvalue weighted by Gasteiger charge is -2.26. The highest BCUT2D eigenvalue weighted by Gasteiger charge is 2.32. The first-order chi connectivity index (χ1) is 13.4. The number of benzene rings is 2. The van der Waals surface area contributed by atoms with E-state index in [4.69, 9.17) is 0 Å². The summed E-state index contributed by atoms with van der Waals surface area (Å²) in [4.78, 5) is 17.8. The van der Waals surface area contributed by atoms with Crippen molar-refractivity contribution in [3.8, 4) is 5.69 Å². The second kappa shape index (κ2) is 5.90. The lowest BCUT2D eigenvalue weighted by atomic mass is 10.0. The highest BCUT2D eigenvalue weighted by Crippen LogP contribution is 2.29. The molecule has 0 bridgehead atoms.